The van der Waals surface area contributed by atoms with E-state index in [1.54, 1.807) is 11.8 Å². The SMILES string of the molecule is CC(=O)Nc1ccc(C2CSC(N)N2)cc1. The molecule has 1 fully saturated rings. The summed E-state index contributed by atoms with van der Waals surface area (Å²) in [5, 5.41) is 6.03. The zero-order valence-electron chi connectivity index (χ0n) is 9.07. The van der Waals surface area contributed by atoms with Crippen LogP contribution in [0.15, 0.2) is 24.3 Å². The molecule has 0 spiro atoms. The number of thioether (sulfide) groups is 1. The van der Waals surface area contributed by atoms with Gasteiger partial charge in [-0.2, -0.15) is 0 Å². The van der Waals surface area contributed by atoms with Crippen molar-refractivity contribution in [3.8, 4) is 0 Å². The van der Waals surface area contributed by atoms with Crippen molar-refractivity contribution in [1.82, 2.24) is 5.32 Å². The van der Waals surface area contributed by atoms with Gasteiger partial charge in [-0.15, -0.1) is 11.8 Å². The van der Waals surface area contributed by atoms with Crippen LogP contribution in [0.5, 0.6) is 0 Å². The lowest BCUT2D eigenvalue weighted by molar-refractivity contribution is -0.114. The number of carbonyl (C=O) groups is 1. The summed E-state index contributed by atoms with van der Waals surface area (Å²) in [7, 11) is 0. The molecule has 1 aromatic carbocycles. The van der Waals surface area contributed by atoms with Crippen LogP contribution in [-0.2, 0) is 4.79 Å². The number of amides is 1. The average molecular weight is 237 g/mol. The normalized spacial score (nSPS) is 24.4. The van der Waals surface area contributed by atoms with Gasteiger partial charge in [0.25, 0.3) is 0 Å². The molecule has 0 radical (unpaired) electrons. The molecule has 0 aromatic heterocycles. The van der Waals surface area contributed by atoms with Crippen LogP contribution in [0.1, 0.15) is 18.5 Å². The predicted molar refractivity (Wildman–Crippen MR) is 67.1 cm³/mol. The van der Waals surface area contributed by atoms with Gasteiger partial charge in [0.15, 0.2) is 0 Å². The molecule has 1 heterocycles. The summed E-state index contributed by atoms with van der Waals surface area (Å²) >= 11 is 1.71. The number of hydrogen-bond donors (Lipinski definition) is 3. The molecule has 1 aliphatic rings. The molecule has 16 heavy (non-hydrogen) atoms. The van der Waals surface area contributed by atoms with Crippen LogP contribution < -0.4 is 16.4 Å². The number of rotatable bonds is 2. The Morgan fingerprint density at radius 1 is 1.50 bits per heavy atom. The van der Waals surface area contributed by atoms with E-state index in [1.165, 1.54) is 12.5 Å². The van der Waals surface area contributed by atoms with Crippen LogP contribution in [0, 0.1) is 0 Å². The van der Waals surface area contributed by atoms with Crippen LogP contribution >= 0.6 is 11.8 Å². The Balaban J connectivity index is 2.04. The third-order valence-electron chi connectivity index (χ3n) is 2.44. The zero-order chi connectivity index (χ0) is 11.5. The maximum Gasteiger partial charge on any atom is 0.221 e. The highest BCUT2D eigenvalue weighted by atomic mass is 32.2. The van der Waals surface area contributed by atoms with E-state index in [2.05, 4.69) is 10.6 Å². The molecule has 0 saturated carbocycles. The lowest BCUT2D eigenvalue weighted by Crippen LogP contribution is -2.30. The van der Waals surface area contributed by atoms with E-state index < -0.39 is 0 Å². The first-order chi connectivity index (χ1) is 7.65. The molecule has 1 amide bonds. The Hall–Kier alpha value is -1.04. The Morgan fingerprint density at radius 2 is 2.19 bits per heavy atom. The topological polar surface area (TPSA) is 67.2 Å². The van der Waals surface area contributed by atoms with E-state index in [-0.39, 0.29) is 11.4 Å². The Kier molecular flexibility index (Phi) is 3.48. The van der Waals surface area contributed by atoms with E-state index in [4.69, 9.17) is 5.73 Å². The lowest BCUT2D eigenvalue weighted by Gasteiger charge is -2.11. The molecule has 2 unspecified atom stereocenters. The third kappa shape index (κ3) is 2.75. The maximum atomic E-state index is 10.9. The Labute approximate surface area is 99.0 Å². The van der Waals surface area contributed by atoms with Gasteiger partial charge >= 0.3 is 0 Å². The highest BCUT2D eigenvalue weighted by Crippen LogP contribution is 2.27. The van der Waals surface area contributed by atoms with E-state index in [9.17, 15) is 4.79 Å². The van der Waals surface area contributed by atoms with Crippen molar-refractivity contribution in [3.63, 3.8) is 0 Å². The van der Waals surface area contributed by atoms with Gasteiger partial charge < -0.3 is 11.1 Å². The molecule has 2 atom stereocenters. The van der Waals surface area contributed by atoms with Gasteiger partial charge in [-0.25, -0.2) is 0 Å². The van der Waals surface area contributed by atoms with Crippen molar-refractivity contribution < 1.29 is 4.79 Å². The Bertz CT molecular complexity index is 379. The number of nitrogens with two attached hydrogens (primary N) is 1. The Morgan fingerprint density at radius 3 is 2.69 bits per heavy atom. The van der Waals surface area contributed by atoms with E-state index in [0.29, 0.717) is 6.04 Å². The fraction of sp³-hybridized carbons (Fsp3) is 0.364. The number of nitrogens with one attached hydrogen (secondary N) is 2. The highest BCUT2D eigenvalue weighted by molar-refractivity contribution is 8.00. The molecule has 4 N–H and O–H groups in total. The fourth-order valence-corrected chi connectivity index (χ4v) is 2.64. The van der Waals surface area contributed by atoms with Crippen molar-refractivity contribution in [2.75, 3.05) is 11.1 Å². The second-order valence-corrected chi connectivity index (χ2v) is 4.95. The molecule has 1 aromatic rings. The van der Waals surface area contributed by atoms with E-state index >= 15 is 0 Å². The molecule has 86 valence electrons. The number of hydrogen-bond acceptors (Lipinski definition) is 4. The molecular weight excluding hydrogens is 222 g/mol. The maximum absolute atomic E-state index is 10.9. The van der Waals surface area contributed by atoms with Crippen LogP contribution in [0.2, 0.25) is 0 Å². The summed E-state index contributed by atoms with van der Waals surface area (Å²) in [4.78, 5) is 10.9. The second kappa shape index (κ2) is 4.86. The minimum absolute atomic E-state index is 0.0278. The molecule has 0 bridgehead atoms. The van der Waals surface area contributed by atoms with Gasteiger partial charge in [0, 0.05) is 24.4 Å². The first-order valence-electron chi connectivity index (χ1n) is 5.16. The van der Waals surface area contributed by atoms with Gasteiger partial charge in [-0.1, -0.05) is 12.1 Å². The highest BCUT2D eigenvalue weighted by Gasteiger charge is 2.22. The molecule has 1 aliphatic heterocycles. The minimum Gasteiger partial charge on any atom is -0.326 e. The molecule has 4 nitrogen and oxygen atoms in total. The third-order valence-corrected chi connectivity index (χ3v) is 3.46. The number of anilines is 1. The summed E-state index contributed by atoms with van der Waals surface area (Å²) in [5.41, 5.74) is 7.81. The summed E-state index contributed by atoms with van der Waals surface area (Å²) in [6, 6.07) is 8.16. The van der Waals surface area contributed by atoms with Crippen molar-refractivity contribution in [2.24, 2.45) is 5.73 Å². The quantitative estimate of drug-likeness (QED) is 0.724. The summed E-state index contributed by atoms with van der Waals surface area (Å²) in [6.45, 7) is 1.50. The van der Waals surface area contributed by atoms with Gasteiger partial charge in [-0.05, 0) is 17.7 Å². The predicted octanol–water partition coefficient (Wildman–Crippen LogP) is 1.26. The molecule has 1 saturated heterocycles. The zero-order valence-corrected chi connectivity index (χ0v) is 9.88. The fourth-order valence-electron chi connectivity index (χ4n) is 1.69. The van der Waals surface area contributed by atoms with Gasteiger partial charge in [0.1, 0.15) is 5.50 Å². The monoisotopic (exact) mass is 237 g/mol. The summed E-state index contributed by atoms with van der Waals surface area (Å²) in [5.74, 6) is 0.935. The van der Waals surface area contributed by atoms with E-state index in [0.717, 1.165) is 11.4 Å². The number of benzene rings is 1. The second-order valence-electron chi connectivity index (χ2n) is 3.78. The van der Waals surface area contributed by atoms with Gasteiger partial charge in [-0.3, -0.25) is 10.1 Å². The van der Waals surface area contributed by atoms with Crippen molar-refractivity contribution >= 4 is 23.4 Å². The average Bonchev–Trinajstić information content (AvgIpc) is 2.65. The van der Waals surface area contributed by atoms with Crippen molar-refractivity contribution in [3.05, 3.63) is 29.8 Å². The first kappa shape index (κ1) is 11.4. The molecule has 0 aliphatic carbocycles. The van der Waals surface area contributed by atoms with Gasteiger partial charge in [0.2, 0.25) is 5.91 Å². The lowest BCUT2D eigenvalue weighted by atomic mass is 10.1. The smallest absolute Gasteiger partial charge is 0.221 e. The molecular formula is C11H15N3OS. The number of carbonyl (C=O) groups excluding carboxylic acids is 1. The standard InChI is InChI=1S/C11H15N3OS/c1-7(15)13-9-4-2-8(3-5-9)10-6-16-11(12)14-10/h2-5,10-11,14H,6,12H2,1H3,(H,13,15). The molecule has 5 heteroatoms. The largest absolute Gasteiger partial charge is 0.326 e. The minimum atomic E-state index is -0.0516. The van der Waals surface area contributed by atoms with E-state index in [1.807, 2.05) is 24.3 Å². The molecule has 2 rings (SSSR count). The van der Waals surface area contributed by atoms with Crippen molar-refractivity contribution in [1.29, 1.82) is 0 Å². The first-order valence-corrected chi connectivity index (χ1v) is 6.21. The van der Waals surface area contributed by atoms with Crippen LogP contribution in [0.3, 0.4) is 0 Å². The summed E-state index contributed by atoms with van der Waals surface area (Å²) < 4.78 is 0. The van der Waals surface area contributed by atoms with Gasteiger partial charge in [0.05, 0.1) is 0 Å². The van der Waals surface area contributed by atoms with Crippen LogP contribution in [0.25, 0.3) is 0 Å². The van der Waals surface area contributed by atoms with Crippen LogP contribution in [0.4, 0.5) is 5.69 Å². The summed E-state index contributed by atoms with van der Waals surface area (Å²) in [6.07, 6.45) is 0. The van der Waals surface area contributed by atoms with Crippen molar-refractivity contribution in [2.45, 2.75) is 18.5 Å². The van der Waals surface area contributed by atoms with Crippen LogP contribution in [-0.4, -0.2) is 17.2 Å².